The largest absolute Gasteiger partial charge is 0.490 e. The minimum atomic E-state index is -1.56. The van der Waals surface area contributed by atoms with Crippen molar-refractivity contribution in [1.82, 2.24) is 0 Å². The molecule has 144 valence electrons. The maximum atomic E-state index is 15.1. The van der Waals surface area contributed by atoms with E-state index in [1.807, 2.05) is 0 Å². The molecule has 0 amide bonds. The zero-order valence-electron chi connectivity index (χ0n) is 15.2. The fraction of sp³-hybridized carbons (Fsp3) is 0.455. The Balaban J connectivity index is 1.68. The summed E-state index contributed by atoms with van der Waals surface area (Å²) < 4.78 is 61.2. The molecule has 0 N–H and O–H groups in total. The van der Waals surface area contributed by atoms with Gasteiger partial charge in [-0.05, 0) is 48.8 Å². The Morgan fingerprint density at radius 1 is 1.00 bits per heavy atom. The molecule has 1 fully saturated rings. The predicted molar refractivity (Wildman–Crippen MR) is 95.7 cm³/mol. The number of benzene rings is 2. The SMILES string of the molecule is CCCC1CCC2c3ccc(-c4cc(F)c(F)c(F)c4)c(F)c3OCC2C1. The monoisotopic (exact) mass is 378 g/mol. The van der Waals surface area contributed by atoms with Gasteiger partial charge in [0.15, 0.2) is 29.0 Å². The predicted octanol–water partition coefficient (Wildman–Crippen LogP) is 6.60. The zero-order chi connectivity index (χ0) is 19.1. The van der Waals surface area contributed by atoms with E-state index in [2.05, 4.69) is 6.92 Å². The van der Waals surface area contributed by atoms with Crippen LogP contribution in [0.5, 0.6) is 5.75 Å². The van der Waals surface area contributed by atoms with E-state index in [9.17, 15) is 13.2 Å². The summed E-state index contributed by atoms with van der Waals surface area (Å²) >= 11 is 0. The van der Waals surface area contributed by atoms with Crippen molar-refractivity contribution in [1.29, 1.82) is 0 Å². The molecule has 1 aliphatic carbocycles. The first-order valence-corrected chi connectivity index (χ1v) is 9.59. The summed E-state index contributed by atoms with van der Waals surface area (Å²) in [6.07, 6.45) is 5.61. The molecule has 0 saturated heterocycles. The summed E-state index contributed by atoms with van der Waals surface area (Å²) in [4.78, 5) is 0. The summed E-state index contributed by atoms with van der Waals surface area (Å²) in [5.41, 5.74) is 0.819. The highest BCUT2D eigenvalue weighted by Gasteiger charge is 2.37. The molecule has 27 heavy (non-hydrogen) atoms. The molecule has 4 rings (SSSR count). The molecule has 1 aliphatic heterocycles. The first-order chi connectivity index (χ1) is 13.0. The Labute approximate surface area is 156 Å². The number of rotatable bonds is 3. The molecule has 3 atom stereocenters. The van der Waals surface area contributed by atoms with E-state index < -0.39 is 23.3 Å². The zero-order valence-corrected chi connectivity index (χ0v) is 15.2. The summed E-state index contributed by atoms with van der Waals surface area (Å²) in [6.45, 7) is 2.65. The second kappa shape index (κ2) is 7.17. The molecule has 0 aromatic heterocycles. The smallest absolute Gasteiger partial charge is 0.194 e. The van der Waals surface area contributed by atoms with Crippen LogP contribution in [0.3, 0.4) is 0 Å². The standard InChI is InChI=1S/C22H22F4O/c1-2-3-12-4-5-15-14(8-12)11-27-22-17(15)7-6-16(20(22)25)13-9-18(23)21(26)19(24)10-13/h6-7,9-10,12,14-15H,2-5,8,11H2,1H3. The van der Waals surface area contributed by atoms with Gasteiger partial charge in [0.05, 0.1) is 6.61 Å². The average molecular weight is 378 g/mol. The minimum Gasteiger partial charge on any atom is -0.490 e. The van der Waals surface area contributed by atoms with E-state index in [0.29, 0.717) is 18.4 Å². The lowest BCUT2D eigenvalue weighted by atomic mass is 9.69. The third kappa shape index (κ3) is 3.21. The van der Waals surface area contributed by atoms with Crippen molar-refractivity contribution in [3.05, 3.63) is 53.1 Å². The van der Waals surface area contributed by atoms with Crippen molar-refractivity contribution in [2.24, 2.45) is 11.8 Å². The van der Waals surface area contributed by atoms with Gasteiger partial charge in [-0.2, -0.15) is 0 Å². The number of ether oxygens (including phenoxy) is 1. The molecule has 2 aromatic rings. The summed E-state index contributed by atoms with van der Waals surface area (Å²) in [5, 5.41) is 0. The Morgan fingerprint density at radius 2 is 1.74 bits per heavy atom. The van der Waals surface area contributed by atoms with E-state index in [-0.39, 0.29) is 22.8 Å². The third-order valence-electron chi connectivity index (χ3n) is 6.05. The normalized spacial score (nSPS) is 24.1. The molecule has 1 heterocycles. The highest BCUT2D eigenvalue weighted by Crippen LogP contribution is 2.49. The molecule has 0 bridgehead atoms. The van der Waals surface area contributed by atoms with Gasteiger partial charge >= 0.3 is 0 Å². The van der Waals surface area contributed by atoms with Gasteiger partial charge in [-0.15, -0.1) is 0 Å². The van der Waals surface area contributed by atoms with Crippen LogP contribution in [0.1, 0.15) is 50.5 Å². The molecule has 0 radical (unpaired) electrons. The topological polar surface area (TPSA) is 9.23 Å². The Bertz CT molecular complexity index is 841. The second-order valence-electron chi connectivity index (χ2n) is 7.74. The van der Waals surface area contributed by atoms with Crippen molar-refractivity contribution in [2.45, 2.75) is 44.9 Å². The lowest BCUT2D eigenvalue weighted by Crippen LogP contribution is -2.32. The Kier molecular flexibility index (Phi) is 4.87. The molecular weight excluding hydrogens is 356 g/mol. The molecule has 1 nitrogen and oxygen atoms in total. The van der Waals surface area contributed by atoms with Gasteiger partial charge in [0, 0.05) is 17.0 Å². The Hall–Kier alpha value is -2.04. The van der Waals surface area contributed by atoms with Crippen molar-refractivity contribution in [3.63, 3.8) is 0 Å². The van der Waals surface area contributed by atoms with Gasteiger partial charge in [0.25, 0.3) is 0 Å². The third-order valence-corrected chi connectivity index (χ3v) is 6.05. The van der Waals surface area contributed by atoms with Crippen molar-refractivity contribution < 1.29 is 22.3 Å². The van der Waals surface area contributed by atoms with E-state index in [4.69, 9.17) is 4.74 Å². The van der Waals surface area contributed by atoms with Gasteiger partial charge < -0.3 is 4.74 Å². The van der Waals surface area contributed by atoms with Crippen LogP contribution in [-0.2, 0) is 0 Å². The van der Waals surface area contributed by atoms with Crippen LogP contribution in [0.15, 0.2) is 24.3 Å². The fourth-order valence-corrected chi connectivity index (χ4v) is 4.76. The van der Waals surface area contributed by atoms with Crippen molar-refractivity contribution >= 4 is 0 Å². The number of hydrogen-bond donors (Lipinski definition) is 0. The Morgan fingerprint density at radius 3 is 2.44 bits per heavy atom. The number of fused-ring (bicyclic) bond motifs is 3. The highest BCUT2D eigenvalue weighted by molar-refractivity contribution is 5.68. The van der Waals surface area contributed by atoms with Gasteiger partial charge in [-0.25, -0.2) is 17.6 Å². The molecule has 2 aliphatic rings. The van der Waals surface area contributed by atoms with E-state index in [0.717, 1.165) is 37.0 Å². The number of halogens is 4. The molecule has 2 aromatic carbocycles. The van der Waals surface area contributed by atoms with E-state index >= 15 is 4.39 Å². The van der Waals surface area contributed by atoms with Gasteiger partial charge in [0.1, 0.15) is 0 Å². The van der Waals surface area contributed by atoms with Crippen molar-refractivity contribution in [3.8, 4) is 16.9 Å². The highest BCUT2D eigenvalue weighted by atomic mass is 19.2. The minimum absolute atomic E-state index is 0.0182. The summed E-state index contributed by atoms with van der Waals surface area (Å²) in [5.74, 6) is -3.34. The molecule has 1 saturated carbocycles. The van der Waals surface area contributed by atoms with E-state index in [1.165, 1.54) is 18.9 Å². The molecule has 5 heteroatoms. The van der Waals surface area contributed by atoms with Crippen molar-refractivity contribution in [2.75, 3.05) is 6.61 Å². The van der Waals surface area contributed by atoms with Gasteiger partial charge in [-0.1, -0.05) is 31.9 Å². The molecule has 3 unspecified atom stereocenters. The summed E-state index contributed by atoms with van der Waals surface area (Å²) in [6, 6.07) is 4.93. The first-order valence-electron chi connectivity index (χ1n) is 9.59. The summed E-state index contributed by atoms with van der Waals surface area (Å²) in [7, 11) is 0. The molecular formula is C22H22F4O. The van der Waals surface area contributed by atoms with Crippen LogP contribution in [0, 0.1) is 35.1 Å². The van der Waals surface area contributed by atoms with Crippen LogP contribution in [0.25, 0.3) is 11.1 Å². The van der Waals surface area contributed by atoms with Crippen LogP contribution in [0.4, 0.5) is 17.6 Å². The maximum absolute atomic E-state index is 15.1. The van der Waals surface area contributed by atoms with Crippen LogP contribution in [-0.4, -0.2) is 6.61 Å². The van der Waals surface area contributed by atoms with Crippen LogP contribution < -0.4 is 4.74 Å². The average Bonchev–Trinajstić information content (AvgIpc) is 2.66. The van der Waals surface area contributed by atoms with Gasteiger partial charge in [0.2, 0.25) is 0 Å². The lowest BCUT2D eigenvalue weighted by Gasteiger charge is -2.40. The van der Waals surface area contributed by atoms with Crippen LogP contribution >= 0.6 is 0 Å². The lowest BCUT2D eigenvalue weighted by molar-refractivity contribution is 0.120. The van der Waals surface area contributed by atoms with Crippen LogP contribution in [0.2, 0.25) is 0 Å². The fourth-order valence-electron chi connectivity index (χ4n) is 4.76. The van der Waals surface area contributed by atoms with E-state index in [1.54, 1.807) is 6.07 Å². The number of hydrogen-bond acceptors (Lipinski definition) is 1. The second-order valence-corrected chi connectivity index (χ2v) is 7.74. The first kappa shape index (κ1) is 18.3. The quantitative estimate of drug-likeness (QED) is 0.432. The molecule has 0 spiro atoms. The van der Waals surface area contributed by atoms with Gasteiger partial charge in [-0.3, -0.25) is 0 Å². The maximum Gasteiger partial charge on any atom is 0.194 e.